The van der Waals surface area contributed by atoms with Crippen LogP contribution in [0.1, 0.15) is 70.9 Å². The molecule has 0 unspecified atom stereocenters. The number of nitrogens with zero attached hydrogens (tertiary/aromatic N) is 1. The van der Waals surface area contributed by atoms with Crippen molar-refractivity contribution < 1.29 is 24.2 Å². The molecule has 3 fully saturated rings. The predicted molar refractivity (Wildman–Crippen MR) is 135 cm³/mol. The molecule has 1 aromatic carbocycles. The van der Waals surface area contributed by atoms with Crippen LogP contribution in [0.25, 0.3) is 0 Å². The van der Waals surface area contributed by atoms with Gasteiger partial charge in [0.1, 0.15) is 11.7 Å². The zero-order valence-electron chi connectivity index (χ0n) is 21.9. The molecule has 0 aromatic heterocycles. The van der Waals surface area contributed by atoms with Gasteiger partial charge >= 0.3 is 5.97 Å². The van der Waals surface area contributed by atoms with Crippen LogP contribution in [0.15, 0.2) is 6.07 Å². The molecule has 1 amide bonds. The predicted octanol–water partition coefficient (Wildman–Crippen LogP) is 3.10. The van der Waals surface area contributed by atoms with Crippen LogP contribution in [0.5, 0.6) is 11.5 Å². The Morgan fingerprint density at radius 2 is 2.03 bits per heavy atom. The number of carbonyl (C=O) groups excluding carboxylic acids is 2. The van der Waals surface area contributed by atoms with Crippen LogP contribution >= 0.6 is 0 Å². The maximum atomic E-state index is 12.5. The molecule has 3 N–H and O–H groups in total. The summed E-state index contributed by atoms with van der Waals surface area (Å²) in [5.41, 5.74) is 2.18. The van der Waals surface area contributed by atoms with E-state index in [9.17, 15) is 14.7 Å². The van der Waals surface area contributed by atoms with Gasteiger partial charge in [0, 0.05) is 48.3 Å². The fourth-order valence-corrected chi connectivity index (χ4v) is 7.67. The average molecular weight is 498 g/mol. The molecule has 8 heteroatoms. The number of aromatic hydroxyl groups is 1. The van der Waals surface area contributed by atoms with E-state index in [1.165, 1.54) is 19.8 Å². The molecule has 6 rings (SSSR count). The highest BCUT2D eigenvalue weighted by atomic mass is 16.6. The van der Waals surface area contributed by atoms with Gasteiger partial charge in [0.25, 0.3) is 0 Å². The quantitative estimate of drug-likeness (QED) is 0.520. The van der Waals surface area contributed by atoms with Crippen molar-refractivity contribution in [3.05, 3.63) is 17.2 Å². The summed E-state index contributed by atoms with van der Waals surface area (Å²) in [6.45, 7) is 9.43. The highest BCUT2D eigenvalue weighted by Crippen LogP contribution is 2.65. The second kappa shape index (κ2) is 8.35. The third-order valence-corrected chi connectivity index (χ3v) is 8.99. The number of rotatable bonds is 6. The molecule has 0 radical (unpaired) electrons. The first kappa shape index (κ1) is 24.0. The molecule has 36 heavy (non-hydrogen) atoms. The van der Waals surface area contributed by atoms with E-state index in [1.807, 2.05) is 20.8 Å². The van der Waals surface area contributed by atoms with Gasteiger partial charge in [0.2, 0.25) is 5.91 Å². The normalized spacial score (nSPS) is 32.4. The Balaban J connectivity index is 1.37. The summed E-state index contributed by atoms with van der Waals surface area (Å²) in [6, 6.07) is 2.03. The molecule has 2 saturated carbocycles. The topological polar surface area (TPSA) is 100 Å². The molecule has 3 aliphatic carbocycles. The maximum Gasteiger partial charge on any atom is 0.320 e. The second-order valence-electron chi connectivity index (χ2n) is 12.6. The van der Waals surface area contributed by atoms with E-state index in [1.54, 1.807) is 6.07 Å². The van der Waals surface area contributed by atoms with Gasteiger partial charge in [0.15, 0.2) is 11.5 Å². The van der Waals surface area contributed by atoms with Crippen molar-refractivity contribution in [3.8, 4) is 11.5 Å². The largest absolute Gasteiger partial charge is 0.504 e. The Morgan fingerprint density at radius 1 is 1.25 bits per heavy atom. The Morgan fingerprint density at radius 3 is 2.72 bits per heavy atom. The van der Waals surface area contributed by atoms with E-state index in [-0.39, 0.29) is 41.7 Å². The third-order valence-electron chi connectivity index (χ3n) is 8.99. The minimum absolute atomic E-state index is 0.0219. The molecule has 8 nitrogen and oxygen atoms in total. The van der Waals surface area contributed by atoms with Crippen molar-refractivity contribution >= 4 is 17.6 Å². The number of phenolic OH excluding ortho intramolecular Hbond substituents is 1. The van der Waals surface area contributed by atoms with Crippen molar-refractivity contribution in [2.24, 2.45) is 11.8 Å². The van der Waals surface area contributed by atoms with Crippen molar-refractivity contribution in [2.75, 3.05) is 25.0 Å². The summed E-state index contributed by atoms with van der Waals surface area (Å²) in [5.74, 6) is 1.50. The van der Waals surface area contributed by atoms with E-state index in [0.717, 1.165) is 55.8 Å². The molecule has 1 spiro atoms. The summed E-state index contributed by atoms with van der Waals surface area (Å²) >= 11 is 0. The number of hydrogen-bond donors (Lipinski definition) is 3. The van der Waals surface area contributed by atoms with E-state index in [0.29, 0.717) is 23.4 Å². The molecular formula is C28H39N3O5. The molecule has 2 heterocycles. The van der Waals surface area contributed by atoms with Crippen LogP contribution in [-0.2, 0) is 26.2 Å². The van der Waals surface area contributed by atoms with Crippen LogP contribution in [0.3, 0.4) is 0 Å². The first-order chi connectivity index (χ1) is 17.1. The molecular weight excluding hydrogens is 458 g/mol. The lowest BCUT2D eigenvalue weighted by molar-refractivity contribution is -0.154. The van der Waals surface area contributed by atoms with Gasteiger partial charge < -0.3 is 25.2 Å². The average Bonchev–Trinajstić information content (AvgIpc) is 3.53. The fraction of sp³-hybridized carbons (Fsp3) is 0.714. The van der Waals surface area contributed by atoms with E-state index in [2.05, 4.69) is 15.5 Å². The maximum absolute atomic E-state index is 12.5. The van der Waals surface area contributed by atoms with Gasteiger partial charge in [0.05, 0.1) is 6.54 Å². The van der Waals surface area contributed by atoms with Gasteiger partial charge in [-0.15, -0.1) is 0 Å². The van der Waals surface area contributed by atoms with E-state index < -0.39 is 5.60 Å². The van der Waals surface area contributed by atoms with Crippen molar-refractivity contribution in [1.29, 1.82) is 0 Å². The smallest absolute Gasteiger partial charge is 0.320 e. The number of piperidine rings is 1. The minimum atomic E-state index is -0.527. The van der Waals surface area contributed by atoms with E-state index in [4.69, 9.17) is 9.47 Å². The molecule has 2 bridgehead atoms. The second-order valence-corrected chi connectivity index (χ2v) is 12.6. The first-order valence-electron chi connectivity index (χ1n) is 13.6. The standard InChI is InChI=1S/C28H39N3O5/c1-15(32)30-20-12-22(33)25-24-17(20)11-21-18-7-8-19(29-13-23(34)36-27(2,3)4)26(35-25)28(18,24)9-10-31(21)14-16-5-6-16/h12,16,18-19,21,26,29,33H,5-11,13-14H2,1-4H3,(H,30,32)/t18-,19-,21+,26-,28-/m0/s1. The van der Waals surface area contributed by atoms with Crippen molar-refractivity contribution in [3.63, 3.8) is 0 Å². The number of anilines is 1. The lowest BCUT2D eigenvalue weighted by atomic mass is 9.51. The molecule has 1 aromatic rings. The van der Waals surface area contributed by atoms with Gasteiger partial charge in [-0.25, -0.2) is 0 Å². The van der Waals surface area contributed by atoms with Crippen molar-refractivity contribution in [2.45, 2.75) is 95.4 Å². The summed E-state index contributed by atoms with van der Waals surface area (Å²) in [7, 11) is 0. The number of benzene rings is 1. The van der Waals surface area contributed by atoms with Crippen LogP contribution in [0.4, 0.5) is 5.69 Å². The molecule has 2 aliphatic heterocycles. The van der Waals surface area contributed by atoms with Crippen LogP contribution < -0.4 is 15.4 Å². The summed E-state index contributed by atoms with van der Waals surface area (Å²) < 4.78 is 12.2. The van der Waals surface area contributed by atoms with Crippen LogP contribution in [-0.4, -0.2) is 65.3 Å². The highest BCUT2D eigenvalue weighted by molar-refractivity contribution is 5.91. The SMILES string of the molecule is CC(=O)Nc1cc(O)c2c3c1C[C@@H]1[C@@H]4CC[C@H](NCC(=O)OC(C)(C)C)[C@H](O2)[C@]34CCN1CC1CC1. The number of amides is 1. The third kappa shape index (κ3) is 3.88. The summed E-state index contributed by atoms with van der Waals surface area (Å²) in [4.78, 5) is 27.3. The number of ether oxygens (including phenoxy) is 2. The Labute approximate surface area is 213 Å². The van der Waals surface area contributed by atoms with Gasteiger partial charge in [-0.3, -0.25) is 14.5 Å². The molecule has 196 valence electrons. The monoisotopic (exact) mass is 497 g/mol. The van der Waals surface area contributed by atoms with E-state index >= 15 is 0 Å². The number of nitrogens with one attached hydrogen (secondary N) is 2. The number of esters is 1. The van der Waals surface area contributed by atoms with Crippen LogP contribution in [0.2, 0.25) is 0 Å². The molecule has 5 atom stereocenters. The highest BCUT2D eigenvalue weighted by Gasteiger charge is 2.66. The molecule has 1 saturated heterocycles. The summed E-state index contributed by atoms with van der Waals surface area (Å²) in [6.07, 6.45) is 6.26. The van der Waals surface area contributed by atoms with Gasteiger partial charge in [-0.1, -0.05) is 0 Å². The number of phenols is 1. The fourth-order valence-electron chi connectivity index (χ4n) is 7.67. The minimum Gasteiger partial charge on any atom is -0.504 e. The first-order valence-corrected chi connectivity index (χ1v) is 13.6. The number of carbonyl (C=O) groups is 2. The Hall–Kier alpha value is -2.32. The number of likely N-dealkylation sites (tertiary alicyclic amines) is 1. The van der Waals surface area contributed by atoms with Crippen LogP contribution in [0, 0.1) is 11.8 Å². The van der Waals surface area contributed by atoms with Gasteiger partial charge in [-0.05, 0) is 83.2 Å². The van der Waals surface area contributed by atoms with Gasteiger partial charge in [-0.2, -0.15) is 0 Å². The summed E-state index contributed by atoms with van der Waals surface area (Å²) in [5, 5.41) is 17.5. The zero-order chi connectivity index (χ0) is 25.4. The zero-order valence-corrected chi connectivity index (χ0v) is 21.9. The Bertz CT molecular complexity index is 1090. The molecule has 5 aliphatic rings. The van der Waals surface area contributed by atoms with Crippen molar-refractivity contribution in [1.82, 2.24) is 10.2 Å². The number of hydrogen-bond acceptors (Lipinski definition) is 7. The lowest BCUT2D eigenvalue weighted by Crippen LogP contribution is -2.68. The Kier molecular flexibility index (Phi) is 5.58. The lowest BCUT2D eigenvalue weighted by Gasteiger charge is -2.60.